The third-order valence-electron chi connectivity index (χ3n) is 3.49. The summed E-state index contributed by atoms with van der Waals surface area (Å²) in [4.78, 5) is 12.8. The predicted molar refractivity (Wildman–Crippen MR) is 79.7 cm³/mol. The van der Waals surface area contributed by atoms with Crippen LogP contribution in [0, 0.1) is 10.1 Å². The molecule has 1 fully saturated rings. The van der Waals surface area contributed by atoms with Crippen molar-refractivity contribution in [2.75, 3.05) is 30.4 Å². The maximum absolute atomic E-state index is 10.8. The molecule has 0 bridgehead atoms. The number of nitro benzene ring substituents is 1. The molecule has 0 heterocycles. The van der Waals surface area contributed by atoms with Gasteiger partial charge in [-0.05, 0) is 25.5 Å². The van der Waals surface area contributed by atoms with E-state index in [-0.39, 0.29) is 5.69 Å². The number of nitrogen functional groups attached to an aromatic ring is 1. The van der Waals surface area contributed by atoms with Gasteiger partial charge in [-0.3, -0.25) is 20.9 Å². The van der Waals surface area contributed by atoms with E-state index in [2.05, 4.69) is 22.6 Å². The highest BCUT2D eigenvalue weighted by Crippen LogP contribution is 2.26. The first-order valence-electron chi connectivity index (χ1n) is 6.88. The molecule has 7 heteroatoms. The number of anilines is 2. The van der Waals surface area contributed by atoms with Crippen LogP contribution in [0.2, 0.25) is 0 Å². The van der Waals surface area contributed by atoms with E-state index in [4.69, 9.17) is 5.84 Å². The van der Waals surface area contributed by atoms with Crippen molar-refractivity contribution in [2.45, 2.75) is 25.8 Å². The lowest BCUT2D eigenvalue weighted by Gasteiger charge is -2.20. The SMILES string of the molecule is CCN(CCNc1cc(NN)cc([N+](=O)[O-])c1)C1CC1. The quantitative estimate of drug-likeness (QED) is 0.381. The van der Waals surface area contributed by atoms with Crippen molar-refractivity contribution in [2.24, 2.45) is 5.84 Å². The fraction of sp³-hybridized carbons (Fsp3) is 0.538. The monoisotopic (exact) mass is 279 g/mol. The Labute approximate surface area is 118 Å². The van der Waals surface area contributed by atoms with Gasteiger partial charge in [0.1, 0.15) is 0 Å². The summed E-state index contributed by atoms with van der Waals surface area (Å²) in [6.45, 7) is 4.89. The number of nitrogens with two attached hydrogens (primary N) is 1. The standard InChI is InChI=1S/C13H21N5O2/c1-2-17(12-3-4-12)6-5-15-10-7-11(16-14)9-13(8-10)18(19)20/h7-9,12,15-16H,2-6,14H2,1H3. The zero-order chi connectivity index (χ0) is 14.5. The number of nitrogens with one attached hydrogen (secondary N) is 2. The summed E-state index contributed by atoms with van der Waals surface area (Å²) in [6, 6.07) is 5.43. The molecular formula is C13H21N5O2. The zero-order valence-electron chi connectivity index (χ0n) is 11.6. The summed E-state index contributed by atoms with van der Waals surface area (Å²) in [6.07, 6.45) is 2.57. The fourth-order valence-corrected chi connectivity index (χ4v) is 2.28. The van der Waals surface area contributed by atoms with Crippen molar-refractivity contribution >= 4 is 17.1 Å². The molecule has 0 aliphatic heterocycles. The van der Waals surface area contributed by atoms with Crippen LogP contribution in [-0.4, -0.2) is 35.5 Å². The average Bonchev–Trinajstić information content (AvgIpc) is 3.27. The number of likely N-dealkylation sites (N-methyl/N-ethyl adjacent to an activating group) is 1. The van der Waals surface area contributed by atoms with Gasteiger partial charge in [-0.2, -0.15) is 0 Å². The van der Waals surface area contributed by atoms with Gasteiger partial charge in [-0.1, -0.05) is 6.92 Å². The Morgan fingerprint density at radius 3 is 2.65 bits per heavy atom. The molecule has 1 aromatic carbocycles. The molecule has 2 rings (SSSR count). The van der Waals surface area contributed by atoms with E-state index >= 15 is 0 Å². The van der Waals surface area contributed by atoms with Crippen molar-refractivity contribution in [1.82, 2.24) is 4.90 Å². The minimum Gasteiger partial charge on any atom is -0.383 e. The molecule has 0 aromatic heterocycles. The van der Waals surface area contributed by atoms with Crippen LogP contribution in [0.3, 0.4) is 0 Å². The third-order valence-corrected chi connectivity index (χ3v) is 3.49. The van der Waals surface area contributed by atoms with Gasteiger partial charge in [0.25, 0.3) is 5.69 Å². The highest BCUT2D eigenvalue weighted by atomic mass is 16.6. The predicted octanol–water partition coefficient (Wildman–Crippen LogP) is 1.78. The van der Waals surface area contributed by atoms with Gasteiger partial charge in [-0.15, -0.1) is 0 Å². The minimum atomic E-state index is -0.422. The average molecular weight is 279 g/mol. The molecule has 0 atom stereocenters. The summed E-state index contributed by atoms with van der Waals surface area (Å²) >= 11 is 0. The Morgan fingerprint density at radius 2 is 2.10 bits per heavy atom. The third kappa shape index (κ3) is 3.82. The summed E-state index contributed by atoms with van der Waals surface area (Å²) in [5, 5.41) is 14.1. The Balaban J connectivity index is 1.94. The first-order chi connectivity index (χ1) is 9.63. The summed E-state index contributed by atoms with van der Waals surface area (Å²) in [5.41, 5.74) is 3.70. The normalized spacial score (nSPS) is 14.3. The van der Waals surface area contributed by atoms with Crippen LogP contribution in [0.4, 0.5) is 17.1 Å². The molecule has 0 amide bonds. The van der Waals surface area contributed by atoms with Gasteiger partial charge >= 0.3 is 0 Å². The first kappa shape index (κ1) is 14.5. The molecule has 0 radical (unpaired) electrons. The molecule has 0 unspecified atom stereocenters. The van der Waals surface area contributed by atoms with Crippen molar-refractivity contribution in [3.8, 4) is 0 Å². The Morgan fingerprint density at radius 1 is 1.40 bits per heavy atom. The minimum absolute atomic E-state index is 0.0255. The first-order valence-corrected chi connectivity index (χ1v) is 6.88. The number of rotatable bonds is 8. The maximum atomic E-state index is 10.8. The molecule has 1 aliphatic rings. The van der Waals surface area contributed by atoms with Gasteiger partial charge in [0.15, 0.2) is 0 Å². The lowest BCUT2D eigenvalue weighted by atomic mass is 10.2. The molecule has 110 valence electrons. The number of hydrazine groups is 1. The number of benzene rings is 1. The smallest absolute Gasteiger partial charge is 0.273 e. The van der Waals surface area contributed by atoms with E-state index in [0.29, 0.717) is 11.4 Å². The number of nitro groups is 1. The van der Waals surface area contributed by atoms with E-state index in [1.54, 1.807) is 6.07 Å². The second-order valence-corrected chi connectivity index (χ2v) is 4.96. The van der Waals surface area contributed by atoms with Gasteiger partial charge in [0.2, 0.25) is 0 Å². The molecule has 0 saturated heterocycles. The lowest BCUT2D eigenvalue weighted by Crippen LogP contribution is -2.30. The van der Waals surface area contributed by atoms with Crippen molar-refractivity contribution in [3.05, 3.63) is 28.3 Å². The van der Waals surface area contributed by atoms with Crippen molar-refractivity contribution in [1.29, 1.82) is 0 Å². The van der Waals surface area contributed by atoms with E-state index in [1.807, 2.05) is 0 Å². The molecular weight excluding hydrogens is 258 g/mol. The van der Waals surface area contributed by atoms with E-state index in [0.717, 1.165) is 25.7 Å². The van der Waals surface area contributed by atoms with Gasteiger partial charge in [0, 0.05) is 37.0 Å². The molecule has 0 spiro atoms. The van der Waals surface area contributed by atoms with Crippen LogP contribution in [-0.2, 0) is 0 Å². The molecule has 20 heavy (non-hydrogen) atoms. The van der Waals surface area contributed by atoms with Gasteiger partial charge < -0.3 is 10.7 Å². The van der Waals surface area contributed by atoms with Crippen LogP contribution in [0.1, 0.15) is 19.8 Å². The van der Waals surface area contributed by atoms with Gasteiger partial charge in [-0.25, -0.2) is 0 Å². The molecule has 7 nitrogen and oxygen atoms in total. The number of nitrogens with zero attached hydrogens (tertiary/aromatic N) is 2. The topological polar surface area (TPSA) is 96.5 Å². The summed E-state index contributed by atoms with van der Waals surface area (Å²) < 4.78 is 0. The van der Waals surface area contributed by atoms with Crippen LogP contribution < -0.4 is 16.6 Å². The van der Waals surface area contributed by atoms with Crippen LogP contribution >= 0.6 is 0 Å². The maximum Gasteiger partial charge on any atom is 0.273 e. The summed E-state index contributed by atoms with van der Waals surface area (Å²) in [7, 11) is 0. The molecule has 1 saturated carbocycles. The Kier molecular flexibility index (Phi) is 4.75. The molecule has 1 aliphatic carbocycles. The van der Waals surface area contributed by atoms with Crippen LogP contribution in [0.15, 0.2) is 18.2 Å². The highest BCUT2D eigenvalue weighted by Gasteiger charge is 2.27. The van der Waals surface area contributed by atoms with E-state index < -0.39 is 4.92 Å². The van der Waals surface area contributed by atoms with Crippen molar-refractivity contribution < 1.29 is 4.92 Å². The second kappa shape index (κ2) is 6.53. The fourth-order valence-electron chi connectivity index (χ4n) is 2.28. The highest BCUT2D eigenvalue weighted by molar-refractivity contribution is 5.63. The Hall–Kier alpha value is -1.86. The Bertz CT molecular complexity index is 476. The van der Waals surface area contributed by atoms with Crippen molar-refractivity contribution in [3.63, 3.8) is 0 Å². The summed E-state index contributed by atoms with van der Waals surface area (Å²) in [5.74, 6) is 5.33. The molecule has 4 N–H and O–H groups in total. The zero-order valence-corrected chi connectivity index (χ0v) is 11.6. The lowest BCUT2D eigenvalue weighted by molar-refractivity contribution is -0.384. The number of non-ortho nitro benzene ring substituents is 1. The largest absolute Gasteiger partial charge is 0.383 e. The van der Waals surface area contributed by atoms with E-state index in [1.165, 1.54) is 25.0 Å². The van der Waals surface area contributed by atoms with Crippen LogP contribution in [0.5, 0.6) is 0 Å². The second-order valence-electron chi connectivity index (χ2n) is 4.96. The van der Waals surface area contributed by atoms with Gasteiger partial charge in [0.05, 0.1) is 10.6 Å². The molecule has 1 aromatic rings. The van der Waals surface area contributed by atoms with E-state index in [9.17, 15) is 10.1 Å². The number of hydrogen-bond donors (Lipinski definition) is 3. The van der Waals surface area contributed by atoms with Crippen LogP contribution in [0.25, 0.3) is 0 Å². The number of hydrogen-bond acceptors (Lipinski definition) is 6.